The Bertz CT molecular complexity index is 670. The molecule has 28 heavy (non-hydrogen) atoms. The van der Waals surface area contributed by atoms with Crippen molar-refractivity contribution in [3.8, 4) is 0 Å². The number of hydrogen-bond acceptors (Lipinski definition) is 7. The third-order valence-corrected chi connectivity index (χ3v) is 4.31. The van der Waals surface area contributed by atoms with Gasteiger partial charge in [0, 0.05) is 13.0 Å². The SMILES string of the molecule is CC(=O)NC(C=O)C1OC(C(=O)NC(C)Cc2ccccc2)OC1C(O)CO. The van der Waals surface area contributed by atoms with Gasteiger partial charge in [0.1, 0.15) is 30.6 Å². The molecule has 154 valence electrons. The van der Waals surface area contributed by atoms with Gasteiger partial charge < -0.3 is 35.1 Å². The van der Waals surface area contributed by atoms with E-state index in [4.69, 9.17) is 9.47 Å². The number of nitrogens with one attached hydrogen (secondary N) is 2. The lowest BCUT2D eigenvalue weighted by Crippen LogP contribution is -2.51. The van der Waals surface area contributed by atoms with E-state index in [0.29, 0.717) is 12.7 Å². The molecule has 1 aromatic carbocycles. The molecule has 6 unspecified atom stereocenters. The highest BCUT2D eigenvalue weighted by atomic mass is 16.7. The van der Waals surface area contributed by atoms with Crippen LogP contribution in [0, 0.1) is 0 Å². The Balaban J connectivity index is 2.03. The number of aliphatic hydroxyl groups excluding tert-OH is 2. The molecule has 4 N–H and O–H groups in total. The van der Waals surface area contributed by atoms with Crippen LogP contribution < -0.4 is 10.6 Å². The zero-order chi connectivity index (χ0) is 20.7. The molecule has 0 aliphatic carbocycles. The first-order chi connectivity index (χ1) is 13.3. The maximum atomic E-state index is 12.5. The van der Waals surface area contributed by atoms with Crippen LogP contribution in [0.4, 0.5) is 0 Å². The molecule has 1 heterocycles. The quantitative estimate of drug-likeness (QED) is 0.391. The van der Waals surface area contributed by atoms with Crippen LogP contribution in [0.2, 0.25) is 0 Å². The number of hydrogen-bond donors (Lipinski definition) is 4. The van der Waals surface area contributed by atoms with E-state index in [1.165, 1.54) is 6.92 Å². The van der Waals surface area contributed by atoms with E-state index in [1.54, 1.807) is 0 Å². The Hall–Kier alpha value is -2.33. The predicted molar refractivity (Wildman–Crippen MR) is 98.0 cm³/mol. The van der Waals surface area contributed by atoms with E-state index in [0.717, 1.165) is 5.56 Å². The molecular weight excluding hydrogens is 368 g/mol. The largest absolute Gasteiger partial charge is 0.394 e. The van der Waals surface area contributed by atoms with Crippen LogP contribution in [0.15, 0.2) is 30.3 Å². The lowest BCUT2D eigenvalue weighted by atomic mass is 10.0. The van der Waals surface area contributed by atoms with Crippen LogP contribution >= 0.6 is 0 Å². The molecule has 0 radical (unpaired) electrons. The second kappa shape index (κ2) is 10.3. The van der Waals surface area contributed by atoms with Crippen molar-refractivity contribution in [2.45, 2.75) is 57.0 Å². The molecule has 0 bridgehead atoms. The first-order valence-electron chi connectivity index (χ1n) is 9.02. The minimum atomic E-state index is -1.39. The summed E-state index contributed by atoms with van der Waals surface area (Å²) in [6, 6.07) is 8.23. The highest BCUT2D eigenvalue weighted by Gasteiger charge is 2.47. The molecular formula is C19H26N2O7. The van der Waals surface area contributed by atoms with Crippen molar-refractivity contribution in [3.05, 3.63) is 35.9 Å². The highest BCUT2D eigenvalue weighted by molar-refractivity contribution is 5.80. The van der Waals surface area contributed by atoms with Gasteiger partial charge in [-0.05, 0) is 18.9 Å². The van der Waals surface area contributed by atoms with Gasteiger partial charge in [0.25, 0.3) is 5.91 Å². The van der Waals surface area contributed by atoms with Crippen molar-refractivity contribution >= 4 is 18.1 Å². The van der Waals surface area contributed by atoms with Gasteiger partial charge >= 0.3 is 0 Å². The maximum Gasteiger partial charge on any atom is 0.277 e. The summed E-state index contributed by atoms with van der Waals surface area (Å²) in [5.74, 6) is -1.06. The first kappa shape index (κ1) is 22.0. The van der Waals surface area contributed by atoms with Gasteiger partial charge in [0.15, 0.2) is 0 Å². The molecule has 9 nitrogen and oxygen atoms in total. The van der Waals surface area contributed by atoms with Crippen molar-refractivity contribution < 1.29 is 34.1 Å². The maximum absolute atomic E-state index is 12.5. The van der Waals surface area contributed by atoms with E-state index >= 15 is 0 Å². The van der Waals surface area contributed by atoms with Crippen LogP contribution in [-0.2, 0) is 30.3 Å². The highest BCUT2D eigenvalue weighted by Crippen LogP contribution is 2.24. The number of rotatable bonds is 9. The summed E-state index contributed by atoms with van der Waals surface area (Å²) in [5, 5.41) is 24.3. The average molecular weight is 394 g/mol. The van der Waals surface area contributed by atoms with E-state index in [-0.39, 0.29) is 6.04 Å². The number of carbonyl (C=O) groups is 3. The lowest BCUT2D eigenvalue weighted by Gasteiger charge is -2.24. The zero-order valence-electron chi connectivity index (χ0n) is 15.8. The second-order valence-electron chi connectivity index (χ2n) is 6.74. The van der Waals surface area contributed by atoms with Crippen molar-refractivity contribution in [2.75, 3.05) is 6.61 Å². The number of aldehydes is 1. The van der Waals surface area contributed by atoms with Gasteiger partial charge in [-0.25, -0.2) is 0 Å². The molecule has 9 heteroatoms. The Labute approximate surface area is 163 Å². The molecule has 1 saturated heterocycles. The van der Waals surface area contributed by atoms with Crippen LogP contribution in [0.1, 0.15) is 19.4 Å². The third kappa shape index (κ3) is 5.83. The molecule has 0 spiro atoms. The summed E-state index contributed by atoms with van der Waals surface area (Å²) in [6.45, 7) is 2.39. The van der Waals surface area contributed by atoms with Gasteiger partial charge in [-0.2, -0.15) is 0 Å². The number of amides is 2. The molecule has 1 aromatic rings. The zero-order valence-corrected chi connectivity index (χ0v) is 15.8. The van der Waals surface area contributed by atoms with Gasteiger partial charge in [-0.1, -0.05) is 30.3 Å². The lowest BCUT2D eigenvalue weighted by molar-refractivity contribution is -0.154. The monoisotopic (exact) mass is 394 g/mol. The van der Waals surface area contributed by atoms with E-state index in [9.17, 15) is 24.6 Å². The van der Waals surface area contributed by atoms with Crippen molar-refractivity contribution in [2.24, 2.45) is 0 Å². The molecule has 2 amide bonds. The number of aliphatic hydroxyl groups is 2. The standard InChI is InChI=1S/C19H26N2O7/c1-11(8-13-6-4-3-5-7-13)20-18(26)19-27-16(14(9-22)21-12(2)24)17(28-19)15(25)10-23/h3-7,9,11,14-17,19,23,25H,8,10H2,1-2H3,(H,20,26)(H,21,24). The van der Waals surface area contributed by atoms with Crippen LogP contribution in [-0.4, -0.2) is 71.6 Å². The summed E-state index contributed by atoms with van der Waals surface area (Å²) in [7, 11) is 0. The minimum Gasteiger partial charge on any atom is -0.394 e. The number of ether oxygens (including phenoxy) is 2. The molecule has 6 atom stereocenters. The van der Waals surface area contributed by atoms with Crippen molar-refractivity contribution in [3.63, 3.8) is 0 Å². The summed E-state index contributed by atoms with van der Waals surface area (Å²) < 4.78 is 11.0. The Morgan fingerprint density at radius 2 is 1.82 bits per heavy atom. The first-order valence-corrected chi connectivity index (χ1v) is 9.02. The molecule has 0 saturated carbocycles. The van der Waals surface area contributed by atoms with Gasteiger partial charge in [-0.15, -0.1) is 0 Å². The van der Waals surface area contributed by atoms with Gasteiger partial charge in [-0.3, -0.25) is 9.59 Å². The van der Waals surface area contributed by atoms with E-state index in [2.05, 4.69) is 10.6 Å². The topological polar surface area (TPSA) is 134 Å². The van der Waals surface area contributed by atoms with Crippen LogP contribution in [0.25, 0.3) is 0 Å². The van der Waals surface area contributed by atoms with Crippen LogP contribution in [0.5, 0.6) is 0 Å². The molecule has 1 fully saturated rings. The normalized spacial score (nSPS) is 24.8. The summed E-state index contributed by atoms with van der Waals surface area (Å²) in [4.78, 5) is 35.1. The predicted octanol–water partition coefficient (Wildman–Crippen LogP) is -1.10. The van der Waals surface area contributed by atoms with Crippen molar-refractivity contribution in [1.82, 2.24) is 10.6 Å². The fourth-order valence-corrected chi connectivity index (χ4v) is 3.06. The molecule has 0 aromatic heterocycles. The van der Waals surface area contributed by atoms with Gasteiger partial charge in [0.2, 0.25) is 12.2 Å². The molecule has 2 rings (SSSR count). The summed E-state index contributed by atoms with van der Waals surface area (Å²) in [6.07, 6.45) is -4.03. The smallest absolute Gasteiger partial charge is 0.277 e. The molecule has 1 aliphatic heterocycles. The Kier molecular flexibility index (Phi) is 8.06. The molecule has 1 aliphatic rings. The van der Waals surface area contributed by atoms with E-state index < -0.39 is 49.1 Å². The summed E-state index contributed by atoms with van der Waals surface area (Å²) in [5.41, 5.74) is 1.04. The van der Waals surface area contributed by atoms with Crippen molar-refractivity contribution in [1.29, 1.82) is 0 Å². The summed E-state index contributed by atoms with van der Waals surface area (Å²) >= 11 is 0. The number of benzene rings is 1. The van der Waals surface area contributed by atoms with Crippen LogP contribution in [0.3, 0.4) is 0 Å². The van der Waals surface area contributed by atoms with E-state index in [1.807, 2.05) is 37.3 Å². The third-order valence-electron chi connectivity index (χ3n) is 4.31. The van der Waals surface area contributed by atoms with Gasteiger partial charge in [0.05, 0.1) is 6.61 Å². The number of carbonyl (C=O) groups excluding carboxylic acids is 3. The minimum absolute atomic E-state index is 0.223. The Morgan fingerprint density at radius 3 is 2.39 bits per heavy atom. The second-order valence-corrected chi connectivity index (χ2v) is 6.74. The Morgan fingerprint density at radius 1 is 1.18 bits per heavy atom. The average Bonchev–Trinajstić information content (AvgIpc) is 3.11. The fraction of sp³-hybridized carbons (Fsp3) is 0.526. The fourth-order valence-electron chi connectivity index (χ4n) is 3.06.